The van der Waals surface area contributed by atoms with Crippen LogP contribution in [0.25, 0.3) is 5.65 Å². The number of ether oxygens (including phenoxy) is 1. The van der Waals surface area contributed by atoms with Crippen LogP contribution in [0, 0.1) is 5.82 Å². The highest BCUT2D eigenvalue weighted by Crippen LogP contribution is 2.16. The Hall–Kier alpha value is -3.00. The first-order chi connectivity index (χ1) is 12.5. The average Bonchev–Trinajstić information content (AvgIpc) is 3.00. The summed E-state index contributed by atoms with van der Waals surface area (Å²) >= 11 is 0. The molecule has 0 unspecified atom stereocenters. The van der Waals surface area contributed by atoms with E-state index in [1.165, 1.54) is 22.7 Å². The maximum Gasteiger partial charge on any atom is 0.261 e. The molecule has 2 heterocycles. The first-order valence-electron chi connectivity index (χ1n) is 8.23. The van der Waals surface area contributed by atoms with E-state index in [1.54, 1.807) is 24.4 Å². The predicted octanol–water partition coefficient (Wildman–Crippen LogP) is 2.45. The number of amides is 1. The van der Waals surface area contributed by atoms with Crippen LogP contribution < -0.4 is 10.1 Å². The van der Waals surface area contributed by atoms with Gasteiger partial charge in [-0.1, -0.05) is 12.1 Å². The van der Waals surface area contributed by atoms with Crippen LogP contribution in [0.15, 0.2) is 42.6 Å². The third-order valence-electron chi connectivity index (χ3n) is 3.67. The maximum atomic E-state index is 13.7. The molecule has 0 radical (unpaired) electrons. The van der Waals surface area contributed by atoms with Gasteiger partial charge in [0.15, 0.2) is 5.65 Å². The zero-order chi connectivity index (χ0) is 18.5. The fourth-order valence-electron chi connectivity index (χ4n) is 2.39. The first kappa shape index (κ1) is 17.8. The number of hydrogen-bond acceptors (Lipinski definition) is 5. The number of halogens is 1. The number of carbonyl (C=O) groups is 1. The summed E-state index contributed by atoms with van der Waals surface area (Å²) in [6.07, 6.45) is 2.61. The third kappa shape index (κ3) is 4.34. The summed E-state index contributed by atoms with van der Waals surface area (Å²) < 4.78 is 20.9. The van der Waals surface area contributed by atoms with Gasteiger partial charge >= 0.3 is 0 Å². The molecule has 0 atom stereocenters. The van der Waals surface area contributed by atoms with E-state index in [9.17, 15) is 9.18 Å². The summed E-state index contributed by atoms with van der Waals surface area (Å²) in [4.78, 5) is 18.5. The lowest BCUT2D eigenvalue weighted by Crippen LogP contribution is -2.15. The molecule has 1 aromatic carbocycles. The molecule has 3 aromatic rings. The molecule has 0 saturated heterocycles. The van der Waals surface area contributed by atoms with Gasteiger partial charge in [-0.15, -0.1) is 5.10 Å². The molecule has 26 heavy (non-hydrogen) atoms. The molecule has 0 aliphatic carbocycles. The molecule has 0 bridgehead atoms. The second kappa shape index (κ2) is 7.92. The van der Waals surface area contributed by atoms with E-state index in [4.69, 9.17) is 4.74 Å². The van der Waals surface area contributed by atoms with Crippen molar-refractivity contribution in [3.63, 3.8) is 0 Å². The van der Waals surface area contributed by atoms with Crippen LogP contribution in [0.5, 0.6) is 5.75 Å². The van der Waals surface area contributed by atoms with E-state index in [2.05, 4.69) is 20.3 Å². The van der Waals surface area contributed by atoms with Gasteiger partial charge in [-0.2, -0.15) is 4.98 Å². The highest BCUT2D eigenvalue weighted by atomic mass is 19.1. The lowest BCUT2D eigenvalue weighted by molar-refractivity contribution is 0.102. The topological polar surface area (TPSA) is 71.8 Å². The van der Waals surface area contributed by atoms with Gasteiger partial charge in [0.1, 0.15) is 11.6 Å². The molecule has 0 fully saturated rings. The normalized spacial score (nSPS) is 11.1. The number of aromatic nitrogens is 3. The Bertz CT molecular complexity index is 909. The molecule has 0 aliphatic rings. The van der Waals surface area contributed by atoms with Gasteiger partial charge in [-0.05, 0) is 38.7 Å². The third-order valence-corrected chi connectivity index (χ3v) is 3.67. The monoisotopic (exact) mass is 357 g/mol. The van der Waals surface area contributed by atoms with Gasteiger partial charge in [0, 0.05) is 18.8 Å². The molecule has 0 aliphatic heterocycles. The van der Waals surface area contributed by atoms with Crippen molar-refractivity contribution in [3.05, 3.63) is 54.0 Å². The van der Waals surface area contributed by atoms with E-state index < -0.39 is 11.7 Å². The lowest BCUT2D eigenvalue weighted by atomic mass is 10.2. The highest BCUT2D eigenvalue weighted by molar-refractivity contribution is 6.03. The Labute approximate surface area is 150 Å². The second-order valence-corrected chi connectivity index (χ2v) is 6.04. The highest BCUT2D eigenvalue weighted by Gasteiger charge is 2.14. The van der Waals surface area contributed by atoms with Gasteiger partial charge in [0.2, 0.25) is 5.95 Å². The molecule has 1 amide bonds. The van der Waals surface area contributed by atoms with Crippen LogP contribution in [-0.2, 0) is 0 Å². The summed E-state index contributed by atoms with van der Waals surface area (Å²) in [5, 5.41) is 6.66. The van der Waals surface area contributed by atoms with E-state index in [1.807, 2.05) is 14.1 Å². The Morgan fingerprint density at radius 3 is 2.88 bits per heavy atom. The number of nitrogens with one attached hydrogen (secondary N) is 1. The largest absolute Gasteiger partial charge is 0.493 e. The van der Waals surface area contributed by atoms with Crippen molar-refractivity contribution in [3.8, 4) is 5.75 Å². The van der Waals surface area contributed by atoms with Gasteiger partial charge in [-0.25, -0.2) is 8.91 Å². The molecular weight excluding hydrogens is 337 g/mol. The van der Waals surface area contributed by atoms with Gasteiger partial charge in [-0.3, -0.25) is 10.1 Å². The van der Waals surface area contributed by atoms with E-state index in [0.29, 0.717) is 18.0 Å². The van der Waals surface area contributed by atoms with Crippen molar-refractivity contribution >= 4 is 17.5 Å². The molecule has 8 heteroatoms. The second-order valence-electron chi connectivity index (χ2n) is 6.04. The van der Waals surface area contributed by atoms with Crippen LogP contribution in [0.4, 0.5) is 10.3 Å². The van der Waals surface area contributed by atoms with E-state index >= 15 is 0 Å². The SMILES string of the molecule is CN(C)CCCOc1ccn2nc(NC(=O)c3ccccc3F)nc2c1. The number of rotatable bonds is 7. The summed E-state index contributed by atoms with van der Waals surface area (Å²) in [7, 11) is 4.03. The average molecular weight is 357 g/mol. The molecule has 0 saturated carbocycles. The number of fused-ring (bicyclic) bond motifs is 1. The minimum Gasteiger partial charge on any atom is -0.493 e. The van der Waals surface area contributed by atoms with E-state index in [0.717, 1.165) is 13.0 Å². The summed E-state index contributed by atoms with van der Waals surface area (Å²) in [6, 6.07) is 9.26. The Morgan fingerprint density at radius 2 is 2.12 bits per heavy atom. The van der Waals surface area contributed by atoms with Crippen molar-refractivity contribution in [2.45, 2.75) is 6.42 Å². The van der Waals surface area contributed by atoms with Crippen LogP contribution in [0.2, 0.25) is 0 Å². The Balaban J connectivity index is 1.67. The van der Waals surface area contributed by atoms with Gasteiger partial charge in [0.05, 0.1) is 12.2 Å². The number of hydrogen-bond donors (Lipinski definition) is 1. The fourth-order valence-corrected chi connectivity index (χ4v) is 2.39. The number of benzene rings is 1. The predicted molar refractivity (Wildman–Crippen MR) is 96.0 cm³/mol. The summed E-state index contributed by atoms with van der Waals surface area (Å²) in [6.45, 7) is 1.54. The van der Waals surface area contributed by atoms with E-state index in [-0.39, 0.29) is 11.5 Å². The standard InChI is InChI=1S/C18H20FN5O2/c1-23(2)9-5-11-26-13-8-10-24-16(12-13)20-18(22-24)21-17(25)14-6-3-4-7-15(14)19/h3-4,6-8,10,12H,5,9,11H2,1-2H3,(H,21,22,25). The van der Waals surface area contributed by atoms with Crippen molar-refractivity contribution in [2.24, 2.45) is 0 Å². The zero-order valence-electron chi connectivity index (χ0n) is 14.6. The van der Waals surface area contributed by atoms with Crippen molar-refractivity contribution in [2.75, 3.05) is 32.6 Å². The van der Waals surface area contributed by atoms with Crippen molar-refractivity contribution < 1.29 is 13.9 Å². The van der Waals surface area contributed by atoms with Crippen LogP contribution in [0.1, 0.15) is 16.8 Å². The van der Waals surface area contributed by atoms with Crippen molar-refractivity contribution in [1.29, 1.82) is 0 Å². The molecular formula is C18H20FN5O2. The quantitative estimate of drug-likeness (QED) is 0.658. The molecule has 7 nitrogen and oxygen atoms in total. The smallest absolute Gasteiger partial charge is 0.261 e. The van der Waals surface area contributed by atoms with Crippen LogP contribution in [-0.4, -0.2) is 52.7 Å². The Kier molecular flexibility index (Phi) is 5.43. The number of anilines is 1. The number of carbonyl (C=O) groups excluding carboxylic acids is 1. The molecule has 136 valence electrons. The summed E-state index contributed by atoms with van der Waals surface area (Å²) in [5.74, 6) is -0.417. The fraction of sp³-hybridized carbons (Fsp3) is 0.278. The molecule has 1 N–H and O–H groups in total. The van der Waals surface area contributed by atoms with Crippen LogP contribution >= 0.6 is 0 Å². The maximum absolute atomic E-state index is 13.7. The minimum atomic E-state index is -0.598. The van der Waals surface area contributed by atoms with Gasteiger partial charge in [0.25, 0.3) is 5.91 Å². The van der Waals surface area contributed by atoms with Crippen molar-refractivity contribution in [1.82, 2.24) is 19.5 Å². The summed E-state index contributed by atoms with van der Waals surface area (Å²) in [5.41, 5.74) is 0.468. The number of nitrogens with zero attached hydrogens (tertiary/aromatic N) is 4. The molecule has 2 aromatic heterocycles. The minimum absolute atomic E-state index is 0.0590. The molecule has 0 spiro atoms. The van der Waals surface area contributed by atoms with Gasteiger partial charge < -0.3 is 9.64 Å². The first-order valence-corrected chi connectivity index (χ1v) is 8.23. The number of pyridine rings is 1. The zero-order valence-corrected chi connectivity index (χ0v) is 14.6. The lowest BCUT2D eigenvalue weighted by Gasteiger charge is -2.10. The Morgan fingerprint density at radius 1 is 1.31 bits per heavy atom. The van der Waals surface area contributed by atoms with Crippen LogP contribution in [0.3, 0.4) is 0 Å². The molecule has 3 rings (SSSR count).